The molecule has 1 aliphatic carbocycles. The fourth-order valence-corrected chi connectivity index (χ4v) is 5.23. The topological polar surface area (TPSA) is 131 Å². The van der Waals surface area contributed by atoms with E-state index in [-0.39, 0.29) is 34.8 Å². The number of primary amides is 1. The summed E-state index contributed by atoms with van der Waals surface area (Å²) in [5.74, 6) is -2.24. The van der Waals surface area contributed by atoms with E-state index in [0.29, 0.717) is 5.56 Å². The molecule has 1 fully saturated rings. The van der Waals surface area contributed by atoms with E-state index >= 15 is 0 Å². The second kappa shape index (κ2) is 11.3. The van der Waals surface area contributed by atoms with Gasteiger partial charge in [-0.25, -0.2) is 4.39 Å². The van der Waals surface area contributed by atoms with Crippen molar-refractivity contribution < 1.29 is 18.8 Å². The number of hydrogen-bond donors (Lipinski definition) is 3. The van der Waals surface area contributed by atoms with E-state index in [1.165, 1.54) is 29.2 Å². The molecule has 1 saturated carbocycles. The van der Waals surface area contributed by atoms with Gasteiger partial charge in [0.05, 0.1) is 5.69 Å². The zero-order valence-electron chi connectivity index (χ0n) is 19.7. The monoisotopic (exact) mass is 509 g/mol. The second-order valence-electron chi connectivity index (χ2n) is 8.85. The average molecular weight is 510 g/mol. The molecule has 1 unspecified atom stereocenters. The molecule has 3 aromatic rings. The van der Waals surface area contributed by atoms with Crippen LogP contribution < -0.4 is 16.8 Å². The molecule has 1 aromatic heterocycles. The highest BCUT2D eigenvalue weighted by Crippen LogP contribution is 2.31. The first-order valence-electron chi connectivity index (χ1n) is 11.8. The van der Waals surface area contributed by atoms with Crippen LogP contribution in [0, 0.1) is 5.82 Å². The molecular weight excluding hydrogens is 481 g/mol. The fourth-order valence-electron chi connectivity index (χ4n) is 4.47. The maximum Gasteiger partial charge on any atom is 0.270 e. The number of nitrogens with two attached hydrogens (primary N) is 2. The number of hydrogen-bond acceptors (Lipinski definition) is 6. The third kappa shape index (κ3) is 5.71. The minimum Gasteiger partial charge on any atom is -0.395 e. The highest BCUT2D eigenvalue weighted by atomic mass is 32.1. The Balaban J connectivity index is 1.77. The van der Waals surface area contributed by atoms with Crippen molar-refractivity contribution in [2.24, 2.45) is 5.73 Å². The van der Waals surface area contributed by atoms with Gasteiger partial charge >= 0.3 is 0 Å². The van der Waals surface area contributed by atoms with Gasteiger partial charge in [-0.1, -0.05) is 61.7 Å². The van der Waals surface area contributed by atoms with Crippen LogP contribution in [-0.4, -0.2) is 33.0 Å². The first-order valence-corrected chi connectivity index (χ1v) is 12.6. The molecule has 188 valence electrons. The Morgan fingerprint density at radius 2 is 1.72 bits per heavy atom. The van der Waals surface area contributed by atoms with Crippen LogP contribution in [0.25, 0.3) is 0 Å². The van der Waals surface area contributed by atoms with Gasteiger partial charge in [-0.3, -0.25) is 14.4 Å². The maximum atomic E-state index is 13.9. The number of carbonyl (C=O) groups is 3. The molecule has 5 N–H and O–H groups in total. The van der Waals surface area contributed by atoms with Crippen LogP contribution >= 0.6 is 11.5 Å². The Hall–Kier alpha value is -3.79. The van der Waals surface area contributed by atoms with Crippen molar-refractivity contribution in [3.05, 3.63) is 82.1 Å². The minimum absolute atomic E-state index is 0.00202. The lowest BCUT2D eigenvalue weighted by Crippen LogP contribution is -2.46. The Labute approximate surface area is 212 Å². The molecule has 8 nitrogen and oxygen atoms in total. The first kappa shape index (κ1) is 25.3. The summed E-state index contributed by atoms with van der Waals surface area (Å²) >= 11 is 0.755. The van der Waals surface area contributed by atoms with Gasteiger partial charge < -0.3 is 21.7 Å². The van der Waals surface area contributed by atoms with E-state index in [1.807, 2.05) is 30.3 Å². The molecule has 0 radical (unpaired) electrons. The Morgan fingerprint density at radius 3 is 2.33 bits per heavy atom. The Kier molecular flexibility index (Phi) is 7.94. The summed E-state index contributed by atoms with van der Waals surface area (Å²) in [6, 6.07) is 13.6. The standard InChI is InChI=1S/C26H28FN5O3S/c27-18-13-11-17(12-14-18)22(25(34)30-19-9-5-2-6-10-19)32(15-16-7-3-1-4-8-16)26(35)23-20(28)21(24(29)33)31-36-23/h1,3-4,7-8,11-14,19,22H,2,5-6,9-10,15,28H2,(H2,29,33)(H,30,34). The van der Waals surface area contributed by atoms with Crippen LogP contribution in [0.15, 0.2) is 54.6 Å². The quantitative estimate of drug-likeness (QED) is 0.425. The van der Waals surface area contributed by atoms with E-state index in [2.05, 4.69) is 9.69 Å². The summed E-state index contributed by atoms with van der Waals surface area (Å²) in [4.78, 5) is 40.7. The van der Waals surface area contributed by atoms with Crippen molar-refractivity contribution in [1.82, 2.24) is 14.6 Å². The van der Waals surface area contributed by atoms with Crippen LogP contribution in [-0.2, 0) is 11.3 Å². The van der Waals surface area contributed by atoms with Crippen molar-refractivity contribution in [2.45, 2.75) is 50.7 Å². The van der Waals surface area contributed by atoms with Crippen LogP contribution in [0.2, 0.25) is 0 Å². The van der Waals surface area contributed by atoms with E-state index in [4.69, 9.17) is 11.5 Å². The molecule has 3 amide bonds. The van der Waals surface area contributed by atoms with E-state index < -0.39 is 23.7 Å². The smallest absolute Gasteiger partial charge is 0.270 e. The van der Waals surface area contributed by atoms with E-state index in [1.54, 1.807) is 0 Å². The van der Waals surface area contributed by atoms with E-state index in [0.717, 1.165) is 49.2 Å². The van der Waals surface area contributed by atoms with Gasteiger partial charge in [0, 0.05) is 12.6 Å². The number of halogens is 1. The van der Waals surface area contributed by atoms with Crippen LogP contribution in [0.1, 0.15) is 69.4 Å². The normalized spacial score (nSPS) is 14.7. The number of nitrogens with zero attached hydrogens (tertiary/aromatic N) is 2. The van der Waals surface area contributed by atoms with Crippen LogP contribution in [0.4, 0.5) is 10.1 Å². The summed E-state index contributed by atoms with van der Waals surface area (Å²) in [7, 11) is 0. The lowest BCUT2D eigenvalue weighted by molar-refractivity contribution is -0.127. The molecule has 0 bridgehead atoms. The summed E-state index contributed by atoms with van der Waals surface area (Å²) in [5.41, 5.74) is 12.3. The fraction of sp³-hybridized carbons (Fsp3) is 0.308. The molecular formula is C26H28FN5O3S. The van der Waals surface area contributed by atoms with Crippen LogP contribution in [0.3, 0.4) is 0 Å². The minimum atomic E-state index is -1.07. The zero-order valence-corrected chi connectivity index (χ0v) is 20.5. The highest BCUT2D eigenvalue weighted by molar-refractivity contribution is 7.09. The van der Waals surface area contributed by atoms with Gasteiger partial charge in [0.25, 0.3) is 11.8 Å². The number of amides is 3. The third-order valence-corrected chi connectivity index (χ3v) is 7.16. The molecule has 36 heavy (non-hydrogen) atoms. The molecule has 1 heterocycles. The number of aromatic nitrogens is 1. The van der Waals surface area contributed by atoms with Gasteiger partial charge in [-0.05, 0) is 47.6 Å². The lowest BCUT2D eigenvalue weighted by atomic mass is 9.94. The first-order chi connectivity index (χ1) is 17.3. The number of benzene rings is 2. The van der Waals surface area contributed by atoms with Crippen LogP contribution in [0.5, 0.6) is 0 Å². The average Bonchev–Trinajstić information content (AvgIpc) is 3.27. The molecule has 1 atom stereocenters. The molecule has 0 aliphatic heterocycles. The molecule has 0 saturated heterocycles. The molecule has 2 aromatic carbocycles. The Morgan fingerprint density at radius 1 is 1.06 bits per heavy atom. The predicted octanol–water partition coefficient (Wildman–Crippen LogP) is 3.80. The van der Waals surface area contributed by atoms with Crippen molar-refractivity contribution >= 4 is 34.9 Å². The second-order valence-corrected chi connectivity index (χ2v) is 9.63. The SMILES string of the molecule is NC(=O)c1nsc(C(=O)N(Cc2ccccc2)C(C(=O)NC2CCCCC2)c2ccc(F)cc2)c1N. The Bertz CT molecular complexity index is 1230. The highest BCUT2D eigenvalue weighted by Gasteiger charge is 2.35. The largest absolute Gasteiger partial charge is 0.395 e. The number of nitrogens with one attached hydrogen (secondary N) is 1. The van der Waals surface area contributed by atoms with E-state index in [9.17, 15) is 18.8 Å². The van der Waals surface area contributed by atoms with Crippen molar-refractivity contribution in [2.75, 3.05) is 5.73 Å². The third-order valence-electron chi connectivity index (χ3n) is 6.31. The van der Waals surface area contributed by atoms with Crippen molar-refractivity contribution in [3.8, 4) is 0 Å². The van der Waals surface area contributed by atoms with Gasteiger partial charge in [-0.15, -0.1) is 0 Å². The summed E-state index contributed by atoms with van der Waals surface area (Å²) in [6.07, 6.45) is 4.88. The summed E-state index contributed by atoms with van der Waals surface area (Å²) in [5, 5.41) is 3.10. The number of rotatable bonds is 8. The maximum absolute atomic E-state index is 13.9. The summed E-state index contributed by atoms with van der Waals surface area (Å²) < 4.78 is 17.7. The lowest BCUT2D eigenvalue weighted by Gasteiger charge is -2.33. The predicted molar refractivity (Wildman–Crippen MR) is 136 cm³/mol. The van der Waals surface area contributed by atoms with Gasteiger partial charge in [0.15, 0.2) is 5.69 Å². The van der Waals surface area contributed by atoms with Gasteiger partial charge in [-0.2, -0.15) is 4.37 Å². The van der Waals surface area contributed by atoms with Crippen molar-refractivity contribution in [1.29, 1.82) is 0 Å². The van der Waals surface area contributed by atoms with Crippen molar-refractivity contribution in [3.63, 3.8) is 0 Å². The number of carbonyl (C=O) groups excluding carboxylic acids is 3. The number of nitrogen functional groups attached to an aromatic ring is 1. The molecule has 0 spiro atoms. The molecule has 1 aliphatic rings. The molecule has 10 heteroatoms. The number of anilines is 1. The summed E-state index contributed by atoms with van der Waals surface area (Å²) in [6.45, 7) is 0.0725. The molecule has 4 rings (SSSR count). The zero-order chi connectivity index (χ0) is 25.7. The van der Waals surface area contributed by atoms with Gasteiger partial charge in [0.2, 0.25) is 5.91 Å². The van der Waals surface area contributed by atoms with Gasteiger partial charge in [0.1, 0.15) is 16.7 Å².